The number of hydrogen-bond donors (Lipinski definition) is 0. The normalized spacial score (nSPS) is 10.5. The Morgan fingerprint density at radius 1 is 0.824 bits per heavy atom. The third-order valence-corrected chi connectivity index (χ3v) is 5.27. The molecule has 3 aromatic rings. The van der Waals surface area contributed by atoms with Crippen LogP contribution in [0.1, 0.15) is 40.4 Å². The van der Waals surface area contributed by atoms with Gasteiger partial charge in [0, 0.05) is 11.1 Å². The van der Waals surface area contributed by atoms with Crippen LogP contribution in [0.15, 0.2) is 36.4 Å². The summed E-state index contributed by atoms with van der Waals surface area (Å²) in [6.07, 6.45) is 0. The molecule has 0 amide bonds. The zero-order valence-corrected chi connectivity index (χ0v) is 20.4. The van der Waals surface area contributed by atoms with Crippen molar-refractivity contribution in [3.05, 3.63) is 58.4 Å². The monoisotopic (exact) mass is 484 g/mol. The van der Waals surface area contributed by atoms with Crippen LogP contribution in [0.25, 0.3) is 22.5 Å². The van der Waals surface area contributed by atoms with Crippen molar-refractivity contribution >= 4 is 23.5 Å². The molecule has 0 radical (unpaired) electrons. The van der Waals surface area contributed by atoms with Gasteiger partial charge in [0.25, 0.3) is 0 Å². The number of rotatable bonds is 8. The predicted octanol–water partition coefficient (Wildman–Crippen LogP) is 5.14. The molecule has 0 N–H and O–H groups in total. The van der Waals surface area contributed by atoms with Crippen molar-refractivity contribution in [2.75, 3.05) is 27.4 Å². The molecule has 0 atom stereocenters. The Hall–Kier alpha value is -3.65. The number of hydrogen-bond acceptors (Lipinski definition) is 8. The summed E-state index contributed by atoms with van der Waals surface area (Å²) >= 11 is 6.61. The minimum atomic E-state index is -0.709. The molecule has 34 heavy (non-hydrogen) atoms. The van der Waals surface area contributed by atoms with E-state index in [4.69, 9.17) is 30.5 Å². The van der Waals surface area contributed by atoms with E-state index in [1.54, 1.807) is 38.1 Å². The highest BCUT2D eigenvalue weighted by Gasteiger charge is 2.28. The van der Waals surface area contributed by atoms with Gasteiger partial charge in [0.15, 0.2) is 22.9 Å². The predicted molar refractivity (Wildman–Crippen MR) is 128 cm³/mol. The van der Waals surface area contributed by atoms with E-state index in [1.807, 2.05) is 19.1 Å². The van der Waals surface area contributed by atoms with Crippen molar-refractivity contribution in [1.29, 1.82) is 0 Å². The maximum atomic E-state index is 12.9. The lowest BCUT2D eigenvalue weighted by atomic mass is 10.0. The molecule has 1 heterocycles. The van der Waals surface area contributed by atoms with Gasteiger partial charge in [0.1, 0.15) is 11.4 Å². The van der Waals surface area contributed by atoms with Crippen LogP contribution in [0.3, 0.4) is 0 Å². The van der Waals surface area contributed by atoms with Crippen LogP contribution < -0.4 is 9.47 Å². The lowest BCUT2D eigenvalue weighted by molar-refractivity contribution is 0.0502. The molecule has 8 nitrogen and oxygen atoms in total. The lowest BCUT2D eigenvalue weighted by Crippen LogP contribution is -2.17. The van der Waals surface area contributed by atoms with E-state index in [0.29, 0.717) is 16.9 Å². The first-order chi connectivity index (χ1) is 16.4. The molecule has 2 aromatic carbocycles. The number of aromatic nitrogens is 2. The molecule has 1 aromatic heterocycles. The molecule has 3 rings (SSSR count). The van der Waals surface area contributed by atoms with Gasteiger partial charge in [-0.05, 0) is 32.9 Å². The molecule has 9 heteroatoms. The third kappa shape index (κ3) is 4.97. The Morgan fingerprint density at radius 3 is 1.91 bits per heavy atom. The van der Waals surface area contributed by atoms with Crippen molar-refractivity contribution < 1.29 is 28.5 Å². The fourth-order valence-corrected chi connectivity index (χ4v) is 3.61. The van der Waals surface area contributed by atoms with Crippen molar-refractivity contribution in [2.24, 2.45) is 0 Å². The second-order valence-electron chi connectivity index (χ2n) is 7.09. The zero-order valence-electron chi connectivity index (χ0n) is 19.6. The third-order valence-electron chi connectivity index (χ3n) is 4.90. The number of esters is 2. The average molecular weight is 485 g/mol. The number of carbonyl (C=O) groups is 2. The zero-order chi connectivity index (χ0) is 24.8. The summed E-state index contributed by atoms with van der Waals surface area (Å²) in [6, 6.07) is 10.6. The van der Waals surface area contributed by atoms with E-state index in [1.165, 1.54) is 14.2 Å². The summed E-state index contributed by atoms with van der Waals surface area (Å²) in [6.45, 7) is 5.57. The summed E-state index contributed by atoms with van der Waals surface area (Å²) in [5.41, 5.74) is 2.03. The van der Waals surface area contributed by atoms with Crippen LogP contribution in [0.5, 0.6) is 11.5 Å². The number of ether oxygens (including phenoxy) is 4. The average Bonchev–Trinajstić information content (AvgIpc) is 2.84. The number of halogens is 1. The summed E-state index contributed by atoms with van der Waals surface area (Å²) in [7, 11) is 2.92. The van der Waals surface area contributed by atoms with Crippen LogP contribution in [-0.4, -0.2) is 49.3 Å². The van der Waals surface area contributed by atoms with E-state index < -0.39 is 11.9 Å². The van der Waals surface area contributed by atoms with E-state index in [2.05, 4.69) is 9.97 Å². The first kappa shape index (κ1) is 25.0. The van der Waals surface area contributed by atoms with Gasteiger partial charge in [0.2, 0.25) is 0 Å². The fourth-order valence-electron chi connectivity index (χ4n) is 3.29. The van der Waals surface area contributed by atoms with Gasteiger partial charge in [-0.25, -0.2) is 19.6 Å². The van der Waals surface area contributed by atoms with Gasteiger partial charge < -0.3 is 18.9 Å². The van der Waals surface area contributed by atoms with Crippen LogP contribution in [0.4, 0.5) is 0 Å². The molecule has 0 aliphatic rings. The van der Waals surface area contributed by atoms with E-state index in [0.717, 1.165) is 5.56 Å². The van der Waals surface area contributed by atoms with Crippen LogP contribution in [0, 0.1) is 6.92 Å². The van der Waals surface area contributed by atoms with Crippen molar-refractivity contribution in [3.63, 3.8) is 0 Å². The lowest BCUT2D eigenvalue weighted by Gasteiger charge is -2.16. The van der Waals surface area contributed by atoms with Gasteiger partial charge in [-0.1, -0.05) is 41.4 Å². The van der Waals surface area contributed by atoms with Crippen LogP contribution >= 0.6 is 11.6 Å². The second kappa shape index (κ2) is 11.0. The smallest absolute Gasteiger partial charge is 0.359 e. The van der Waals surface area contributed by atoms with Crippen molar-refractivity contribution in [2.45, 2.75) is 20.8 Å². The first-order valence-electron chi connectivity index (χ1n) is 10.6. The summed E-state index contributed by atoms with van der Waals surface area (Å²) in [4.78, 5) is 34.9. The minimum absolute atomic E-state index is 0.0559. The number of carbonyl (C=O) groups excluding carboxylic acids is 2. The number of aryl methyl sites for hydroxylation is 1. The molecular formula is C25H25ClN2O6. The highest BCUT2D eigenvalue weighted by atomic mass is 35.5. The quantitative estimate of drug-likeness (QED) is 0.405. The fraction of sp³-hybridized carbons (Fsp3) is 0.280. The Balaban J connectivity index is 2.37. The van der Waals surface area contributed by atoms with Gasteiger partial charge in [0.05, 0.1) is 32.5 Å². The largest absolute Gasteiger partial charge is 0.493 e. The van der Waals surface area contributed by atoms with E-state index >= 15 is 0 Å². The number of nitrogens with zero attached hydrogens (tertiary/aromatic N) is 2. The summed E-state index contributed by atoms with van der Waals surface area (Å²) in [5.74, 6) is -0.749. The highest BCUT2D eigenvalue weighted by Crippen LogP contribution is 2.42. The molecule has 178 valence electrons. The van der Waals surface area contributed by atoms with E-state index in [-0.39, 0.29) is 46.8 Å². The van der Waals surface area contributed by atoms with Crippen molar-refractivity contribution in [1.82, 2.24) is 9.97 Å². The minimum Gasteiger partial charge on any atom is -0.493 e. The Kier molecular flexibility index (Phi) is 8.07. The molecule has 0 saturated carbocycles. The van der Waals surface area contributed by atoms with E-state index in [9.17, 15) is 9.59 Å². The van der Waals surface area contributed by atoms with Gasteiger partial charge in [-0.2, -0.15) is 0 Å². The molecule has 0 spiro atoms. The molecule has 0 bridgehead atoms. The SMILES string of the molecule is CCOC(=O)c1nc(-c2ccc(OC)c(OC)c2Cl)c(C(=O)OCC)nc1-c1ccc(C)cc1. The van der Waals surface area contributed by atoms with Gasteiger partial charge in [-0.3, -0.25) is 0 Å². The van der Waals surface area contributed by atoms with Crippen molar-refractivity contribution in [3.8, 4) is 34.0 Å². The first-order valence-corrected chi connectivity index (χ1v) is 11.0. The summed E-state index contributed by atoms with van der Waals surface area (Å²) < 4.78 is 21.1. The molecular weight excluding hydrogens is 460 g/mol. The van der Waals surface area contributed by atoms with Gasteiger partial charge in [-0.15, -0.1) is 0 Å². The van der Waals surface area contributed by atoms with Crippen LogP contribution in [-0.2, 0) is 9.47 Å². The standard InChI is InChI=1S/C25H25ClN2O6/c1-6-33-24(29)21-19(15-10-8-14(3)9-11-15)27-22(25(30)34-7-2)20(28-21)16-12-13-17(31-4)23(32-5)18(16)26/h8-13H,6-7H2,1-5H3. The maximum absolute atomic E-state index is 12.9. The highest BCUT2D eigenvalue weighted by molar-refractivity contribution is 6.35. The topological polar surface area (TPSA) is 96.8 Å². The molecule has 0 unspecified atom stereocenters. The van der Waals surface area contributed by atoms with Gasteiger partial charge >= 0.3 is 11.9 Å². The Morgan fingerprint density at radius 2 is 1.38 bits per heavy atom. The Bertz CT molecular complexity index is 1210. The molecule has 0 aliphatic carbocycles. The molecule has 0 aliphatic heterocycles. The maximum Gasteiger partial charge on any atom is 0.359 e. The molecule has 0 fully saturated rings. The van der Waals surface area contributed by atoms with Crippen LogP contribution in [0.2, 0.25) is 5.02 Å². The number of benzene rings is 2. The number of methoxy groups -OCH3 is 2. The summed E-state index contributed by atoms with van der Waals surface area (Å²) in [5, 5.41) is 0.139. The Labute approximate surface area is 202 Å². The molecule has 0 saturated heterocycles. The second-order valence-corrected chi connectivity index (χ2v) is 7.47.